The summed E-state index contributed by atoms with van der Waals surface area (Å²) in [5, 5.41) is 7.34. The molecule has 7 aromatic carbocycles. The highest BCUT2D eigenvalue weighted by Crippen LogP contribution is 2.39. The van der Waals surface area contributed by atoms with Gasteiger partial charge in [-0.25, -0.2) is 4.98 Å². The fourth-order valence-electron chi connectivity index (χ4n) is 7.66. The third kappa shape index (κ3) is 4.62. The molecule has 9 aromatic rings. The second-order valence-corrected chi connectivity index (χ2v) is 13.9. The van der Waals surface area contributed by atoms with E-state index in [0.29, 0.717) is 0 Å². The minimum absolute atomic E-state index is 0.904. The number of benzene rings is 7. The summed E-state index contributed by atoms with van der Waals surface area (Å²) in [5.41, 5.74) is 11.3. The van der Waals surface area contributed by atoms with Crippen molar-refractivity contribution in [2.45, 2.75) is 12.8 Å². The second kappa shape index (κ2) is 11.4. The van der Waals surface area contributed by atoms with Crippen LogP contribution in [0.15, 0.2) is 152 Å². The van der Waals surface area contributed by atoms with Crippen molar-refractivity contribution < 1.29 is 0 Å². The van der Waals surface area contributed by atoms with Crippen LogP contribution in [0.3, 0.4) is 0 Å². The summed E-state index contributed by atoms with van der Waals surface area (Å²) < 4.78 is 2.72. The average molecular weight is 643 g/mol. The van der Waals surface area contributed by atoms with Crippen LogP contribution >= 0.6 is 11.3 Å². The molecule has 0 atom stereocenters. The number of fused-ring (bicyclic) bond motifs is 9. The zero-order valence-corrected chi connectivity index (χ0v) is 27.5. The quantitative estimate of drug-likeness (QED) is 0.179. The van der Waals surface area contributed by atoms with Crippen molar-refractivity contribution in [2.24, 2.45) is 0 Å². The Labute approximate surface area is 288 Å². The summed E-state index contributed by atoms with van der Waals surface area (Å²) in [6.07, 6.45) is 6.45. The lowest BCUT2D eigenvalue weighted by atomic mass is 9.91. The van der Waals surface area contributed by atoms with Crippen LogP contribution in [0.1, 0.15) is 18.4 Å². The maximum Gasteiger partial charge on any atom is 0.0979 e. The van der Waals surface area contributed by atoms with Crippen LogP contribution in [0.4, 0.5) is 0 Å². The highest BCUT2D eigenvalue weighted by atomic mass is 32.1. The Morgan fingerprint density at radius 2 is 1.10 bits per heavy atom. The Morgan fingerprint density at radius 3 is 1.82 bits per heavy atom. The largest absolute Gasteiger partial charge is 0.252 e. The Kier molecular flexibility index (Phi) is 6.53. The molecule has 2 heterocycles. The molecule has 0 aliphatic heterocycles. The molecule has 230 valence electrons. The minimum Gasteiger partial charge on any atom is -0.252 e. The summed E-state index contributed by atoms with van der Waals surface area (Å²) in [7, 11) is 0. The zero-order valence-electron chi connectivity index (χ0n) is 26.7. The summed E-state index contributed by atoms with van der Waals surface area (Å²) in [6, 6.07) is 52.4. The monoisotopic (exact) mass is 642 g/mol. The number of hydrogen-bond donors (Lipinski definition) is 0. The van der Waals surface area contributed by atoms with E-state index >= 15 is 0 Å². The molecule has 0 saturated carbocycles. The van der Waals surface area contributed by atoms with Gasteiger partial charge in [0.25, 0.3) is 0 Å². The Bertz CT molecular complexity index is 2870. The normalized spacial score (nSPS) is 12.9. The van der Waals surface area contributed by atoms with E-state index in [-0.39, 0.29) is 0 Å². The topological polar surface area (TPSA) is 25.8 Å². The highest BCUT2D eigenvalue weighted by molar-refractivity contribution is 7.17. The lowest BCUT2D eigenvalue weighted by Crippen LogP contribution is -2.25. The van der Waals surface area contributed by atoms with Crippen molar-refractivity contribution in [3.8, 4) is 33.5 Å². The van der Waals surface area contributed by atoms with Gasteiger partial charge in [-0.2, -0.15) is 0 Å². The van der Waals surface area contributed by atoms with Crippen molar-refractivity contribution in [3.63, 3.8) is 0 Å². The molecule has 0 amide bonds. The first-order valence-corrected chi connectivity index (χ1v) is 17.7. The van der Waals surface area contributed by atoms with Gasteiger partial charge in [-0.3, -0.25) is 4.98 Å². The van der Waals surface area contributed by atoms with Gasteiger partial charge in [-0.1, -0.05) is 133 Å². The fraction of sp³-hybridized carbons (Fsp3) is 0.0435. The molecule has 2 nitrogen and oxygen atoms in total. The summed E-state index contributed by atoms with van der Waals surface area (Å²) >= 11 is 1.91. The molecule has 10 rings (SSSR count). The SMILES string of the molecule is C1=c2c(sc3ccccc23)=C(c2ccccc2-c2cnc3c4ccc(-c5ccccc5)cc4c4cc(-c5ccccc5)ccc4c3n2)CC1. The number of nitrogens with zero attached hydrogens (tertiary/aromatic N) is 2. The Balaban J connectivity index is 1.23. The van der Waals surface area contributed by atoms with E-state index in [2.05, 4.69) is 152 Å². The van der Waals surface area contributed by atoms with E-state index in [0.717, 1.165) is 45.9 Å². The van der Waals surface area contributed by atoms with Crippen LogP contribution in [0.5, 0.6) is 0 Å². The van der Waals surface area contributed by atoms with Gasteiger partial charge in [-0.05, 0) is 85.8 Å². The maximum atomic E-state index is 5.48. The van der Waals surface area contributed by atoms with Crippen LogP contribution in [-0.4, -0.2) is 9.97 Å². The van der Waals surface area contributed by atoms with Crippen LogP contribution < -0.4 is 9.75 Å². The molecule has 1 aliphatic rings. The van der Waals surface area contributed by atoms with Crippen LogP contribution in [0.25, 0.3) is 87.8 Å². The zero-order chi connectivity index (χ0) is 32.3. The Morgan fingerprint density at radius 1 is 0.490 bits per heavy atom. The van der Waals surface area contributed by atoms with Gasteiger partial charge >= 0.3 is 0 Å². The Hall–Kier alpha value is -5.90. The molecular formula is C46H30N2S. The first kappa shape index (κ1) is 28.1. The van der Waals surface area contributed by atoms with Crippen molar-refractivity contribution in [1.29, 1.82) is 0 Å². The molecule has 0 spiro atoms. The van der Waals surface area contributed by atoms with Gasteiger partial charge in [-0.15, -0.1) is 11.3 Å². The molecule has 2 aromatic heterocycles. The lowest BCUT2D eigenvalue weighted by Gasteiger charge is -2.16. The van der Waals surface area contributed by atoms with Gasteiger partial charge in [0.2, 0.25) is 0 Å². The lowest BCUT2D eigenvalue weighted by molar-refractivity contribution is 1.09. The van der Waals surface area contributed by atoms with Gasteiger partial charge in [0.1, 0.15) is 0 Å². The standard InChI is InChI=1S/C46H30N2S/c1-3-12-29(13-4-1)31-22-24-36-40(26-31)41-27-32(30-14-5-2-6-15-30)23-25-37(41)45-44(36)47-28-42(48-45)34-17-8-7-16-33(34)38-19-11-20-39-35-18-9-10-21-43(35)49-46(38)39/h1-10,12-18,20-28H,11,19H2. The van der Waals surface area contributed by atoms with E-state index in [1.165, 1.54) is 64.0 Å². The van der Waals surface area contributed by atoms with Gasteiger partial charge < -0.3 is 0 Å². The molecule has 0 saturated heterocycles. The van der Waals surface area contributed by atoms with Gasteiger partial charge in [0.05, 0.1) is 22.9 Å². The maximum absolute atomic E-state index is 5.48. The summed E-state index contributed by atoms with van der Waals surface area (Å²) in [4.78, 5) is 10.7. The summed E-state index contributed by atoms with van der Waals surface area (Å²) in [6.45, 7) is 0. The summed E-state index contributed by atoms with van der Waals surface area (Å²) in [5.74, 6) is 0. The second-order valence-electron chi connectivity index (χ2n) is 12.8. The van der Waals surface area contributed by atoms with Crippen molar-refractivity contribution in [1.82, 2.24) is 9.97 Å². The van der Waals surface area contributed by atoms with E-state index < -0.39 is 0 Å². The third-order valence-electron chi connectivity index (χ3n) is 10.0. The first-order chi connectivity index (χ1) is 24.3. The predicted octanol–water partition coefficient (Wildman–Crippen LogP) is 10.9. The number of hydrogen-bond acceptors (Lipinski definition) is 3. The number of thiophene rings is 1. The molecule has 0 radical (unpaired) electrons. The smallest absolute Gasteiger partial charge is 0.0979 e. The van der Waals surface area contributed by atoms with E-state index in [9.17, 15) is 0 Å². The van der Waals surface area contributed by atoms with Crippen LogP contribution in [-0.2, 0) is 0 Å². The molecule has 49 heavy (non-hydrogen) atoms. The molecule has 3 heteroatoms. The fourth-order valence-corrected chi connectivity index (χ4v) is 8.96. The van der Waals surface area contributed by atoms with Gasteiger partial charge in [0, 0.05) is 25.6 Å². The first-order valence-electron chi connectivity index (χ1n) is 16.9. The van der Waals surface area contributed by atoms with Crippen molar-refractivity contribution in [2.75, 3.05) is 0 Å². The van der Waals surface area contributed by atoms with Crippen LogP contribution in [0.2, 0.25) is 0 Å². The average Bonchev–Trinajstić information content (AvgIpc) is 3.57. The van der Waals surface area contributed by atoms with Gasteiger partial charge in [0.15, 0.2) is 0 Å². The van der Waals surface area contributed by atoms with Crippen LogP contribution in [0, 0.1) is 0 Å². The molecule has 1 aliphatic carbocycles. The molecular weight excluding hydrogens is 613 g/mol. The number of rotatable bonds is 4. The predicted molar refractivity (Wildman–Crippen MR) is 208 cm³/mol. The van der Waals surface area contributed by atoms with E-state index in [1.54, 1.807) is 0 Å². The molecule has 0 bridgehead atoms. The van der Waals surface area contributed by atoms with E-state index in [1.807, 2.05) is 17.5 Å². The molecule has 0 unspecified atom stereocenters. The molecule has 0 N–H and O–H groups in total. The van der Waals surface area contributed by atoms with Crippen molar-refractivity contribution >= 4 is 65.7 Å². The van der Waals surface area contributed by atoms with Crippen molar-refractivity contribution in [3.05, 3.63) is 167 Å². The minimum atomic E-state index is 0.904. The third-order valence-corrected chi connectivity index (χ3v) is 11.3. The van der Waals surface area contributed by atoms with E-state index in [4.69, 9.17) is 9.97 Å². The molecule has 0 fully saturated rings. The number of aromatic nitrogens is 2. The highest BCUT2D eigenvalue weighted by Gasteiger charge is 2.19.